The summed E-state index contributed by atoms with van der Waals surface area (Å²) in [7, 11) is 1.39. The predicted molar refractivity (Wildman–Crippen MR) is 57.8 cm³/mol. The van der Waals surface area contributed by atoms with E-state index in [1.54, 1.807) is 11.2 Å². The van der Waals surface area contributed by atoms with Gasteiger partial charge in [0.05, 0.1) is 12.8 Å². The molecule has 1 unspecified atom stereocenters. The Morgan fingerprint density at radius 3 is 2.87 bits per heavy atom. The Hall–Kier alpha value is -1.84. The van der Waals surface area contributed by atoms with E-state index in [-0.39, 0.29) is 12.0 Å². The smallest absolute Gasteiger partial charge is 0.331 e. The van der Waals surface area contributed by atoms with Gasteiger partial charge in [-0.05, 0) is 12.1 Å². The Labute approximate surface area is 88.2 Å². The van der Waals surface area contributed by atoms with Gasteiger partial charge in [0.25, 0.3) is 0 Å². The van der Waals surface area contributed by atoms with Crippen molar-refractivity contribution >= 4 is 17.9 Å². The van der Waals surface area contributed by atoms with Crippen molar-refractivity contribution in [2.75, 3.05) is 12.1 Å². The molecule has 0 saturated heterocycles. The maximum Gasteiger partial charge on any atom is 0.331 e. The van der Waals surface area contributed by atoms with Crippen molar-refractivity contribution in [1.82, 2.24) is 0 Å². The van der Waals surface area contributed by atoms with E-state index in [0.29, 0.717) is 6.42 Å². The van der Waals surface area contributed by atoms with Gasteiger partial charge in [0, 0.05) is 12.6 Å². The number of anilines is 1. The van der Waals surface area contributed by atoms with Gasteiger partial charge in [0.2, 0.25) is 0 Å². The Bertz CT molecular complexity index is 375. The average molecular weight is 204 g/mol. The van der Waals surface area contributed by atoms with Gasteiger partial charge >= 0.3 is 5.97 Å². The zero-order valence-corrected chi connectivity index (χ0v) is 8.46. The summed E-state index contributed by atoms with van der Waals surface area (Å²) >= 11 is 0. The van der Waals surface area contributed by atoms with E-state index >= 15 is 0 Å². The number of nitrogens with zero attached hydrogens (tertiary/aromatic N) is 2. The number of ether oxygens (including phenoxy) is 1. The Kier molecular flexibility index (Phi) is 2.67. The molecule has 0 N–H and O–H groups in total. The summed E-state index contributed by atoms with van der Waals surface area (Å²) in [6.07, 6.45) is 2.33. The first kappa shape index (κ1) is 9.71. The summed E-state index contributed by atoms with van der Waals surface area (Å²) < 4.78 is 4.73. The molecule has 78 valence electrons. The van der Waals surface area contributed by atoms with E-state index in [1.807, 2.05) is 30.3 Å². The molecular formula is C11H12N2O2. The summed E-state index contributed by atoms with van der Waals surface area (Å²) in [4.78, 5) is 11.5. The van der Waals surface area contributed by atoms with Crippen LogP contribution in [0.2, 0.25) is 0 Å². The molecule has 0 fully saturated rings. The molecular weight excluding hydrogens is 192 g/mol. The molecule has 1 aliphatic rings. The molecule has 0 bridgehead atoms. The predicted octanol–water partition coefficient (Wildman–Crippen LogP) is 1.42. The molecule has 4 heteroatoms. The summed E-state index contributed by atoms with van der Waals surface area (Å²) in [5.74, 6) is -0.253. The van der Waals surface area contributed by atoms with Crippen LogP contribution in [0.4, 0.5) is 5.69 Å². The van der Waals surface area contributed by atoms with Crippen molar-refractivity contribution in [1.29, 1.82) is 0 Å². The zero-order chi connectivity index (χ0) is 10.7. The summed E-state index contributed by atoms with van der Waals surface area (Å²) in [5, 5.41) is 5.85. The molecule has 0 spiro atoms. The van der Waals surface area contributed by atoms with Crippen LogP contribution in [-0.4, -0.2) is 25.3 Å². The van der Waals surface area contributed by atoms with Crippen LogP contribution in [-0.2, 0) is 9.53 Å². The fraction of sp³-hybridized carbons (Fsp3) is 0.273. The van der Waals surface area contributed by atoms with Crippen molar-refractivity contribution in [2.24, 2.45) is 5.10 Å². The van der Waals surface area contributed by atoms with E-state index < -0.39 is 0 Å². The molecule has 0 aliphatic carbocycles. The third-order valence-electron chi connectivity index (χ3n) is 2.32. The fourth-order valence-corrected chi connectivity index (χ4v) is 1.57. The van der Waals surface area contributed by atoms with E-state index in [4.69, 9.17) is 4.74 Å². The highest BCUT2D eigenvalue weighted by atomic mass is 16.5. The van der Waals surface area contributed by atoms with E-state index in [9.17, 15) is 4.79 Å². The van der Waals surface area contributed by atoms with Gasteiger partial charge < -0.3 is 4.74 Å². The van der Waals surface area contributed by atoms with Crippen LogP contribution >= 0.6 is 0 Å². The number of carbonyl (C=O) groups is 1. The number of methoxy groups -OCH3 is 1. The standard InChI is InChI=1S/C11H12N2O2/c1-15-11(14)10-7-8-12-13(10)9-5-3-2-4-6-9/h2-6,8,10H,7H2,1H3. The number of esters is 1. The Balaban J connectivity index is 2.22. The van der Waals surface area contributed by atoms with Crippen LogP contribution in [0.5, 0.6) is 0 Å². The van der Waals surface area contributed by atoms with Crippen LogP contribution in [0.3, 0.4) is 0 Å². The van der Waals surface area contributed by atoms with E-state index in [2.05, 4.69) is 5.10 Å². The number of carbonyl (C=O) groups excluding carboxylic acids is 1. The largest absolute Gasteiger partial charge is 0.467 e. The molecule has 0 saturated carbocycles. The van der Waals surface area contributed by atoms with Gasteiger partial charge in [-0.3, -0.25) is 5.01 Å². The molecule has 1 aromatic rings. The first-order valence-electron chi connectivity index (χ1n) is 4.77. The van der Waals surface area contributed by atoms with Gasteiger partial charge in [-0.1, -0.05) is 18.2 Å². The molecule has 0 amide bonds. The lowest BCUT2D eigenvalue weighted by Crippen LogP contribution is -2.35. The summed E-state index contributed by atoms with van der Waals surface area (Å²) in [6, 6.07) is 9.26. The number of benzene rings is 1. The zero-order valence-electron chi connectivity index (χ0n) is 8.46. The fourth-order valence-electron chi connectivity index (χ4n) is 1.57. The monoisotopic (exact) mass is 204 g/mol. The van der Waals surface area contributed by atoms with E-state index in [0.717, 1.165) is 5.69 Å². The maximum atomic E-state index is 11.5. The number of hydrazone groups is 1. The first-order chi connectivity index (χ1) is 7.33. The van der Waals surface area contributed by atoms with Crippen LogP contribution in [0, 0.1) is 0 Å². The van der Waals surface area contributed by atoms with Crippen LogP contribution in [0.25, 0.3) is 0 Å². The van der Waals surface area contributed by atoms with Gasteiger partial charge in [-0.2, -0.15) is 5.10 Å². The average Bonchev–Trinajstić information content (AvgIpc) is 2.78. The molecule has 0 aromatic heterocycles. The van der Waals surface area contributed by atoms with Gasteiger partial charge in [0.15, 0.2) is 6.04 Å². The summed E-state index contributed by atoms with van der Waals surface area (Å²) in [5.41, 5.74) is 0.904. The van der Waals surface area contributed by atoms with Gasteiger partial charge in [0.1, 0.15) is 0 Å². The second-order valence-electron chi connectivity index (χ2n) is 3.25. The van der Waals surface area contributed by atoms with Crippen LogP contribution < -0.4 is 5.01 Å². The minimum Gasteiger partial charge on any atom is -0.467 e. The normalized spacial score (nSPS) is 19.3. The van der Waals surface area contributed by atoms with Crippen molar-refractivity contribution in [2.45, 2.75) is 12.5 Å². The van der Waals surface area contributed by atoms with Crippen molar-refractivity contribution < 1.29 is 9.53 Å². The number of hydrogen-bond donors (Lipinski definition) is 0. The molecule has 1 heterocycles. The maximum absolute atomic E-state index is 11.5. The highest BCUT2D eigenvalue weighted by molar-refractivity contribution is 5.86. The third kappa shape index (κ3) is 1.83. The summed E-state index contributed by atoms with van der Waals surface area (Å²) in [6.45, 7) is 0. The lowest BCUT2D eigenvalue weighted by molar-refractivity contribution is -0.141. The van der Waals surface area contributed by atoms with Crippen molar-refractivity contribution in [3.05, 3.63) is 30.3 Å². The minimum atomic E-state index is -0.322. The number of rotatable bonds is 2. The highest BCUT2D eigenvalue weighted by Crippen LogP contribution is 2.22. The first-order valence-corrected chi connectivity index (χ1v) is 4.77. The van der Waals surface area contributed by atoms with Crippen molar-refractivity contribution in [3.63, 3.8) is 0 Å². The molecule has 4 nitrogen and oxygen atoms in total. The molecule has 1 aliphatic heterocycles. The Morgan fingerprint density at radius 2 is 2.20 bits per heavy atom. The Morgan fingerprint density at radius 1 is 1.47 bits per heavy atom. The van der Waals surface area contributed by atoms with Crippen LogP contribution in [0.1, 0.15) is 6.42 Å². The van der Waals surface area contributed by atoms with Crippen LogP contribution in [0.15, 0.2) is 35.4 Å². The van der Waals surface area contributed by atoms with Gasteiger partial charge in [-0.15, -0.1) is 0 Å². The lowest BCUT2D eigenvalue weighted by Gasteiger charge is -2.21. The highest BCUT2D eigenvalue weighted by Gasteiger charge is 2.29. The molecule has 15 heavy (non-hydrogen) atoms. The molecule has 1 atom stereocenters. The second kappa shape index (κ2) is 4.13. The number of hydrogen-bond acceptors (Lipinski definition) is 4. The molecule has 1 aromatic carbocycles. The topological polar surface area (TPSA) is 41.9 Å². The quantitative estimate of drug-likeness (QED) is 0.684. The second-order valence-corrected chi connectivity index (χ2v) is 3.25. The minimum absolute atomic E-state index is 0.253. The number of para-hydroxylation sites is 1. The van der Waals surface area contributed by atoms with Crippen molar-refractivity contribution in [3.8, 4) is 0 Å². The molecule has 0 radical (unpaired) electrons. The van der Waals surface area contributed by atoms with Gasteiger partial charge in [-0.25, -0.2) is 4.79 Å². The molecule has 2 rings (SSSR count). The third-order valence-corrected chi connectivity index (χ3v) is 2.32. The SMILES string of the molecule is COC(=O)C1CC=NN1c1ccccc1. The van der Waals surface area contributed by atoms with E-state index in [1.165, 1.54) is 7.11 Å². The lowest BCUT2D eigenvalue weighted by atomic mass is 10.2.